The van der Waals surface area contributed by atoms with Gasteiger partial charge in [0.25, 0.3) is 0 Å². The lowest BCUT2D eigenvalue weighted by Crippen LogP contribution is -2.09. The van der Waals surface area contributed by atoms with E-state index in [0.717, 1.165) is 6.07 Å². The normalized spacial score (nSPS) is 12.1. The molecule has 6 heteroatoms. The molecule has 0 bridgehead atoms. The molecule has 0 aliphatic heterocycles. The summed E-state index contributed by atoms with van der Waals surface area (Å²) in [7, 11) is 0. The van der Waals surface area contributed by atoms with Crippen molar-refractivity contribution >= 4 is 16.6 Å². The van der Waals surface area contributed by atoms with Crippen LogP contribution in [-0.4, -0.2) is 4.98 Å². The van der Waals surface area contributed by atoms with Gasteiger partial charge in [-0.2, -0.15) is 13.2 Å². The standard InChI is InChI=1S/C11H8F4N2/c1-5-2-6-8(16)4-9(11(13,14)15)17-10(6)7(12)3-5/h2-4H,1H3,(H2,16,17). The van der Waals surface area contributed by atoms with Gasteiger partial charge in [-0.25, -0.2) is 9.37 Å². The van der Waals surface area contributed by atoms with Crippen LogP contribution < -0.4 is 5.73 Å². The van der Waals surface area contributed by atoms with Crippen molar-refractivity contribution in [3.63, 3.8) is 0 Å². The van der Waals surface area contributed by atoms with Crippen molar-refractivity contribution in [2.45, 2.75) is 13.1 Å². The predicted molar refractivity (Wildman–Crippen MR) is 55.9 cm³/mol. The number of anilines is 1. The molecule has 1 heterocycles. The lowest BCUT2D eigenvalue weighted by molar-refractivity contribution is -0.140. The first kappa shape index (κ1) is 11.6. The van der Waals surface area contributed by atoms with E-state index < -0.39 is 17.7 Å². The summed E-state index contributed by atoms with van der Waals surface area (Å²) in [6, 6.07) is 3.33. The van der Waals surface area contributed by atoms with Crippen molar-refractivity contribution in [2.24, 2.45) is 0 Å². The molecule has 2 aromatic rings. The molecule has 0 fully saturated rings. The van der Waals surface area contributed by atoms with Gasteiger partial charge in [-0.1, -0.05) is 0 Å². The SMILES string of the molecule is Cc1cc(F)c2nc(C(F)(F)F)cc(N)c2c1. The Bertz CT molecular complexity index is 590. The summed E-state index contributed by atoms with van der Waals surface area (Å²) in [6.45, 7) is 1.62. The topological polar surface area (TPSA) is 38.9 Å². The summed E-state index contributed by atoms with van der Waals surface area (Å²) in [5, 5.41) is 0.190. The average Bonchev–Trinajstić information content (AvgIpc) is 2.17. The fraction of sp³-hybridized carbons (Fsp3) is 0.182. The van der Waals surface area contributed by atoms with Crippen LogP contribution in [0.5, 0.6) is 0 Å². The smallest absolute Gasteiger partial charge is 0.398 e. The zero-order valence-corrected chi connectivity index (χ0v) is 8.77. The van der Waals surface area contributed by atoms with Gasteiger partial charge in [-0.3, -0.25) is 0 Å². The van der Waals surface area contributed by atoms with Gasteiger partial charge in [-0.15, -0.1) is 0 Å². The Labute approximate surface area is 94.1 Å². The van der Waals surface area contributed by atoms with Crippen molar-refractivity contribution in [1.82, 2.24) is 4.98 Å². The number of rotatable bonds is 0. The number of aromatic nitrogens is 1. The fourth-order valence-corrected chi connectivity index (χ4v) is 1.59. The third-order valence-corrected chi connectivity index (χ3v) is 2.33. The second-order valence-electron chi connectivity index (χ2n) is 3.74. The third-order valence-electron chi connectivity index (χ3n) is 2.33. The van der Waals surface area contributed by atoms with Crippen molar-refractivity contribution in [3.8, 4) is 0 Å². The Kier molecular flexibility index (Phi) is 2.45. The zero-order chi connectivity index (χ0) is 12.8. The molecule has 2 N–H and O–H groups in total. The van der Waals surface area contributed by atoms with Gasteiger partial charge in [0.2, 0.25) is 0 Å². The van der Waals surface area contributed by atoms with Gasteiger partial charge in [0.1, 0.15) is 17.0 Å². The van der Waals surface area contributed by atoms with Crippen LogP contribution in [0.4, 0.5) is 23.2 Å². The van der Waals surface area contributed by atoms with Crippen LogP contribution in [0.2, 0.25) is 0 Å². The van der Waals surface area contributed by atoms with Crippen LogP contribution in [0.15, 0.2) is 18.2 Å². The van der Waals surface area contributed by atoms with E-state index in [1.54, 1.807) is 6.92 Å². The Morgan fingerprint density at radius 1 is 1.18 bits per heavy atom. The number of pyridine rings is 1. The lowest BCUT2D eigenvalue weighted by atomic mass is 10.1. The van der Waals surface area contributed by atoms with Crippen molar-refractivity contribution in [2.75, 3.05) is 5.73 Å². The van der Waals surface area contributed by atoms with Gasteiger partial charge >= 0.3 is 6.18 Å². The summed E-state index contributed by atoms with van der Waals surface area (Å²) in [4.78, 5) is 3.27. The maximum atomic E-state index is 13.5. The molecule has 90 valence electrons. The monoisotopic (exact) mass is 244 g/mol. The number of alkyl halides is 3. The molecule has 0 spiro atoms. The summed E-state index contributed by atoms with van der Waals surface area (Å²) in [5.41, 5.74) is 4.37. The maximum absolute atomic E-state index is 13.5. The minimum Gasteiger partial charge on any atom is -0.398 e. The largest absolute Gasteiger partial charge is 0.433 e. The summed E-state index contributed by atoms with van der Waals surface area (Å²) in [6.07, 6.45) is -4.64. The number of aryl methyl sites for hydroxylation is 1. The molecule has 1 aromatic carbocycles. The zero-order valence-electron chi connectivity index (χ0n) is 8.77. The highest BCUT2D eigenvalue weighted by atomic mass is 19.4. The summed E-state index contributed by atoms with van der Waals surface area (Å²) >= 11 is 0. The first-order chi connectivity index (χ1) is 7.79. The van der Waals surface area contributed by atoms with Crippen molar-refractivity contribution < 1.29 is 17.6 Å². The molecular weight excluding hydrogens is 236 g/mol. The molecule has 0 saturated carbocycles. The highest BCUT2D eigenvalue weighted by Crippen LogP contribution is 2.32. The second kappa shape index (κ2) is 3.58. The van der Waals surface area contributed by atoms with Crippen molar-refractivity contribution in [1.29, 1.82) is 0 Å². The van der Waals surface area contributed by atoms with E-state index in [-0.39, 0.29) is 16.6 Å². The van der Waals surface area contributed by atoms with Gasteiger partial charge in [0, 0.05) is 11.1 Å². The molecule has 17 heavy (non-hydrogen) atoms. The van der Waals surface area contributed by atoms with E-state index in [9.17, 15) is 17.6 Å². The van der Waals surface area contributed by atoms with E-state index >= 15 is 0 Å². The Morgan fingerprint density at radius 2 is 1.82 bits per heavy atom. The predicted octanol–water partition coefficient (Wildman–Crippen LogP) is 3.28. The minimum atomic E-state index is -4.64. The molecule has 0 radical (unpaired) electrons. The quantitative estimate of drug-likeness (QED) is 0.722. The molecule has 0 saturated heterocycles. The number of hydrogen-bond donors (Lipinski definition) is 1. The highest BCUT2D eigenvalue weighted by molar-refractivity contribution is 5.91. The lowest BCUT2D eigenvalue weighted by Gasteiger charge is -2.10. The summed E-state index contributed by atoms with van der Waals surface area (Å²) < 4.78 is 50.9. The molecular formula is C11H8F4N2. The first-order valence-corrected chi connectivity index (χ1v) is 4.72. The van der Waals surface area contributed by atoms with E-state index in [1.807, 2.05) is 0 Å². The van der Waals surface area contributed by atoms with E-state index in [0.29, 0.717) is 11.6 Å². The van der Waals surface area contributed by atoms with Crippen LogP contribution in [0.25, 0.3) is 10.9 Å². The van der Waals surface area contributed by atoms with Gasteiger partial charge in [0.15, 0.2) is 0 Å². The minimum absolute atomic E-state index is 0.134. The third kappa shape index (κ3) is 2.02. The fourth-order valence-electron chi connectivity index (χ4n) is 1.59. The van der Waals surface area contributed by atoms with E-state index in [1.165, 1.54) is 6.07 Å². The number of halogens is 4. The number of fused-ring (bicyclic) bond motifs is 1. The Balaban J connectivity index is 2.83. The van der Waals surface area contributed by atoms with E-state index in [2.05, 4.69) is 4.98 Å². The van der Waals surface area contributed by atoms with Crippen LogP contribution in [0, 0.1) is 12.7 Å². The van der Waals surface area contributed by atoms with Crippen molar-refractivity contribution in [3.05, 3.63) is 35.3 Å². The van der Waals surface area contributed by atoms with Gasteiger partial charge in [-0.05, 0) is 30.7 Å². The number of nitrogens with two attached hydrogens (primary N) is 1. The molecule has 0 amide bonds. The van der Waals surface area contributed by atoms with Crippen LogP contribution in [-0.2, 0) is 6.18 Å². The molecule has 1 aromatic heterocycles. The maximum Gasteiger partial charge on any atom is 0.433 e. The molecule has 2 rings (SSSR count). The number of nitrogens with zero attached hydrogens (tertiary/aromatic N) is 1. The number of benzene rings is 1. The van der Waals surface area contributed by atoms with Gasteiger partial charge < -0.3 is 5.73 Å². The second-order valence-corrected chi connectivity index (χ2v) is 3.74. The first-order valence-electron chi connectivity index (χ1n) is 4.72. The summed E-state index contributed by atoms with van der Waals surface area (Å²) in [5.74, 6) is -0.808. The van der Waals surface area contributed by atoms with Crippen LogP contribution in [0.3, 0.4) is 0 Å². The van der Waals surface area contributed by atoms with Gasteiger partial charge in [0.05, 0.1) is 0 Å². The highest BCUT2D eigenvalue weighted by Gasteiger charge is 2.33. The van der Waals surface area contributed by atoms with Crippen LogP contribution >= 0.6 is 0 Å². The van der Waals surface area contributed by atoms with Crippen LogP contribution in [0.1, 0.15) is 11.3 Å². The Hall–Kier alpha value is -1.85. The van der Waals surface area contributed by atoms with E-state index in [4.69, 9.17) is 5.73 Å². The number of nitrogen functional groups attached to an aromatic ring is 1. The Morgan fingerprint density at radius 3 is 2.41 bits per heavy atom. The molecule has 2 nitrogen and oxygen atoms in total. The average molecular weight is 244 g/mol. The molecule has 0 aliphatic rings. The molecule has 0 aliphatic carbocycles. The molecule has 0 atom stereocenters. The molecule has 0 unspecified atom stereocenters. The number of hydrogen-bond acceptors (Lipinski definition) is 2.